The molecule has 3 rings (SSSR count). The average Bonchev–Trinajstić information content (AvgIpc) is 2.79. The molecule has 1 amide bonds. The summed E-state index contributed by atoms with van der Waals surface area (Å²) in [7, 11) is -1.03. The third-order valence-corrected chi connectivity index (χ3v) is 6.46. The zero-order valence-corrected chi connectivity index (χ0v) is 20.1. The molecular formula is C25H28N2O5S. The number of carbonyl (C=O) groups is 1. The van der Waals surface area contributed by atoms with Crippen molar-refractivity contribution >= 4 is 27.3 Å². The Balaban J connectivity index is 1.91. The van der Waals surface area contributed by atoms with Crippen molar-refractivity contribution in [1.82, 2.24) is 0 Å². The smallest absolute Gasteiger partial charge is 0.262 e. The minimum Gasteiger partial charge on any atom is -0.494 e. The SMILES string of the molecule is COc1cc(NS(=O)(=O)c2ccc(C(C)(C)C)cc2)c(OC)cc1NC(=O)c1ccccc1. The van der Waals surface area contributed by atoms with Crippen LogP contribution in [0.2, 0.25) is 0 Å². The summed E-state index contributed by atoms with van der Waals surface area (Å²) < 4.78 is 39.3. The summed E-state index contributed by atoms with van der Waals surface area (Å²) in [4.78, 5) is 12.7. The Morgan fingerprint density at radius 2 is 1.36 bits per heavy atom. The quantitative estimate of drug-likeness (QED) is 0.506. The highest BCUT2D eigenvalue weighted by Crippen LogP contribution is 2.38. The maximum Gasteiger partial charge on any atom is 0.262 e. The van der Waals surface area contributed by atoms with Crippen molar-refractivity contribution in [2.75, 3.05) is 24.3 Å². The van der Waals surface area contributed by atoms with Crippen LogP contribution in [0.5, 0.6) is 11.5 Å². The van der Waals surface area contributed by atoms with E-state index in [1.54, 1.807) is 48.5 Å². The Labute approximate surface area is 194 Å². The number of rotatable bonds is 7. The number of hydrogen-bond donors (Lipinski definition) is 2. The van der Waals surface area contributed by atoms with Crippen molar-refractivity contribution in [3.63, 3.8) is 0 Å². The highest BCUT2D eigenvalue weighted by molar-refractivity contribution is 7.92. The number of hydrogen-bond acceptors (Lipinski definition) is 5. The maximum absolute atomic E-state index is 13.0. The summed E-state index contributed by atoms with van der Waals surface area (Å²) in [6.07, 6.45) is 0. The van der Waals surface area contributed by atoms with Gasteiger partial charge in [-0.1, -0.05) is 51.1 Å². The van der Waals surface area contributed by atoms with E-state index in [0.29, 0.717) is 11.3 Å². The molecule has 0 heterocycles. The molecule has 8 heteroatoms. The van der Waals surface area contributed by atoms with Crippen LogP contribution in [0.3, 0.4) is 0 Å². The van der Waals surface area contributed by atoms with Gasteiger partial charge in [-0.2, -0.15) is 0 Å². The first kappa shape index (κ1) is 24.1. The van der Waals surface area contributed by atoms with Gasteiger partial charge < -0.3 is 14.8 Å². The van der Waals surface area contributed by atoms with E-state index in [0.717, 1.165) is 5.56 Å². The van der Waals surface area contributed by atoms with Gasteiger partial charge in [-0.15, -0.1) is 0 Å². The highest BCUT2D eigenvalue weighted by Gasteiger charge is 2.21. The van der Waals surface area contributed by atoms with E-state index in [1.165, 1.54) is 26.4 Å². The molecule has 7 nitrogen and oxygen atoms in total. The maximum atomic E-state index is 13.0. The first-order valence-corrected chi connectivity index (χ1v) is 11.8. The molecule has 174 valence electrons. The van der Waals surface area contributed by atoms with Gasteiger partial charge in [-0.05, 0) is 35.2 Å². The molecule has 0 fully saturated rings. The molecule has 3 aromatic carbocycles. The monoisotopic (exact) mass is 468 g/mol. The van der Waals surface area contributed by atoms with E-state index in [1.807, 2.05) is 6.07 Å². The molecule has 0 aromatic heterocycles. The normalized spacial score (nSPS) is 11.5. The third-order valence-electron chi connectivity index (χ3n) is 5.08. The van der Waals surface area contributed by atoms with E-state index in [9.17, 15) is 13.2 Å². The van der Waals surface area contributed by atoms with Crippen LogP contribution in [-0.2, 0) is 15.4 Å². The van der Waals surface area contributed by atoms with E-state index < -0.39 is 10.0 Å². The average molecular weight is 469 g/mol. The van der Waals surface area contributed by atoms with Gasteiger partial charge in [0.05, 0.1) is 30.5 Å². The first-order chi connectivity index (χ1) is 15.5. The second-order valence-corrected chi connectivity index (χ2v) is 10.1. The minimum absolute atomic E-state index is 0.0910. The number of ether oxygens (including phenoxy) is 2. The van der Waals surface area contributed by atoms with Crippen molar-refractivity contribution in [3.05, 3.63) is 77.9 Å². The summed E-state index contributed by atoms with van der Waals surface area (Å²) in [6.45, 7) is 6.18. The van der Waals surface area contributed by atoms with Gasteiger partial charge in [-0.25, -0.2) is 8.42 Å². The minimum atomic E-state index is -3.88. The van der Waals surface area contributed by atoms with Crippen molar-refractivity contribution < 1.29 is 22.7 Å². The van der Waals surface area contributed by atoms with Gasteiger partial charge in [0.25, 0.3) is 15.9 Å². The fourth-order valence-corrected chi connectivity index (χ4v) is 4.26. The van der Waals surface area contributed by atoms with E-state index in [2.05, 4.69) is 30.8 Å². The Morgan fingerprint density at radius 1 is 0.818 bits per heavy atom. The molecule has 0 unspecified atom stereocenters. The zero-order chi connectivity index (χ0) is 24.2. The second-order valence-electron chi connectivity index (χ2n) is 8.45. The molecule has 0 saturated heterocycles. The Kier molecular flexibility index (Phi) is 6.98. The number of benzene rings is 3. The molecule has 0 radical (unpaired) electrons. The Morgan fingerprint density at radius 3 is 1.91 bits per heavy atom. The number of methoxy groups -OCH3 is 2. The number of anilines is 2. The lowest BCUT2D eigenvalue weighted by molar-refractivity contribution is 0.102. The lowest BCUT2D eigenvalue weighted by Crippen LogP contribution is -2.16. The lowest BCUT2D eigenvalue weighted by atomic mass is 9.87. The number of nitrogens with one attached hydrogen (secondary N) is 2. The van der Waals surface area contributed by atoms with Gasteiger partial charge in [0.15, 0.2) is 0 Å². The van der Waals surface area contributed by atoms with Crippen molar-refractivity contribution in [3.8, 4) is 11.5 Å². The molecule has 0 bridgehead atoms. The molecule has 0 saturated carbocycles. The standard InChI is InChI=1S/C25H28N2O5S/c1-25(2,3)18-11-13-19(14-12-18)33(29,30)27-21-16-22(31-4)20(15-23(21)32-5)26-24(28)17-9-7-6-8-10-17/h6-16,27H,1-5H3,(H,26,28). The van der Waals surface area contributed by atoms with Gasteiger partial charge in [0, 0.05) is 17.7 Å². The van der Waals surface area contributed by atoms with Gasteiger partial charge in [-0.3, -0.25) is 9.52 Å². The molecule has 3 aromatic rings. The van der Waals surface area contributed by atoms with Gasteiger partial charge in [0.1, 0.15) is 11.5 Å². The molecule has 0 atom stereocenters. The predicted octanol–water partition coefficient (Wildman–Crippen LogP) is 5.05. The van der Waals surface area contributed by atoms with Crippen molar-refractivity contribution in [2.45, 2.75) is 31.1 Å². The number of sulfonamides is 1. The summed E-state index contributed by atoms with van der Waals surface area (Å²) in [5, 5.41) is 2.77. The van der Waals surface area contributed by atoms with E-state index in [4.69, 9.17) is 9.47 Å². The Bertz CT molecular complexity index is 1230. The fourth-order valence-electron chi connectivity index (χ4n) is 3.20. The molecule has 0 aliphatic rings. The van der Waals surface area contributed by atoms with Crippen LogP contribution in [0.25, 0.3) is 0 Å². The van der Waals surface area contributed by atoms with E-state index in [-0.39, 0.29) is 33.4 Å². The summed E-state index contributed by atoms with van der Waals surface area (Å²) in [5.74, 6) is 0.179. The van der Waals surface area contributed by atoms with Crippen LogP contribution < -0.4 is 19.5 Å². The topological polar surface area (TPSA) is 93.7 Å². The molecule has 2 N–H and O–H groups in total. The number of carbonyl (C=O) groups excluding carboxylic acids is 1. The summed E-state index contributed by atoms with van der Waals surface area (Å²) in [6, 6.07) is 18.4. The number of amides is 1. The first-order valence-electron chi connectivity index (χ1n) is 10.3. The molecule has 0 spiro atoms. The molecular weight excluding hydrogens is 440 g/mol. The van der Waals surface area contributed by atoms with Gasteiger partial charge in [0.2, 0.25) is 0 Å². The van der Waals surface area contributed by atoms with Crippen LogP contribution in [-0.4, -0.2) is 28.5 Å². The zero-order valence-electron chi connectivity index (χ0n) is 19.3. The van der Waals surface area contributed by atoms with Crippen LogP contribution in [0.1, 0.15) is 36.7 Å². The van der Waals surface area contributed by atoms with Crippen molar-refractivity contribution in [2.24, 2.45) is 0 Å². The largest absolute Gasteiger partial charge is 0.494 e. The fraction of sp³-hybridized carbons (Fsp3) is 0.240. The summed E-state index contributed by atoms with van der Waals surface area (Å²) in [5.41, 5.74) is 1.95. The lowest BCUT2D eigenvalue weighted by Gasteiger charge is -2.19. The van der Waals surface area contributed by atoms with Crippen LogP contribution in [0, 0.1) is 0 Å². The highest BCUT2D eigenvalue weighted by atomic mass is 32.2. The molecule has 33 heavy (non-hydrogen) atoms. The third kappa shape index (κ3) is 5.64. The van der Waals surface area contributed by atoms with Crippen LogP contribution >= 0.6 is 0 Å². The Hall–Kier alpha value is -3.52. The van der Waals surface area contributed by atoms with E-state index >= 15 is 0 Å². The molecule has 0 aliphatic carbocycles. The van der Waals surface area contributed by atoms with Crippen LogP contribution in [0.4, 0.5) is 11.4 Å². The predicted molar refractivity (Wildman–Crippen MR) is 130 cm³/mol. The van der Waals surface area contributed by atoms with Crippen molar-refractivity contribution in [1.29, 1.82) is 0 Å². The summed E-state index contributed by atoms with van der Waals surface area (Å²) >= 11 is 0. The molecule has 0 aliphatic heterocycles. The second kappa shape index (κ2) is 9.54. The van der Waals surface area contributed by atoms with Gasteiger partial charge >= 0.3 is 0 Å². The van der Waals surface area contributed by atoms with Crippen LogP contribution in [0.15, 0.2) is 71.6 Å².